The summed E-state index contributed by atoms with van der Waals surface area (Å²) in [6.45, 7) is 1.97. The number of hydrogen-bond donors (Lipinski definition) is 2. The van der Waals surface area contributed by atoms with Gasteiger partial charge in [0.15, 0.2) is 0 Å². The molecular formula is C15H21ClN4O2. The monoisotopic (exact) mass is 324 g/mol. The number of aromatic amines is 1. The summed E-state index contributed by atoms with van der Waals surface area (Å²) in [5, 5.41) is 3.29. The van der Waals surface area contributed by atoms with Crippen molar-refractivity contribution in [2.75, 3.05) is 20.1 Å². The maximum atomic E-state index is 12.4. The Bertz CT molecular complexity index is 703. The molecule has 0 saturated carbocycles. The van der Waals surface area contributed by atoms with Gasteiger partial charge in [-0.05, 0) is 38.1 Å². The first-order chi connectivity index (χ1) is 10.2. The molecule has 1 aliphatic heterocycles. The van der Waals surface area contributed by atoms with Gasteiger partial charge in [-0.15, -0.1) is 12.4 Å². The first-order valence-electron chi connectivity index (χ1n) is 7.31. The van der Waals surface area contributed by atoms with Gasteiger partial charge in [0.1, 0.15) is 6.54 Å². The molecular weight excluding hydrogens is 304 g/mol. The minimum Gasteiger partial charge on any atom is -0.341 e. The zero-order valence-corrected chi connectivity index (χ0v) is 13.4. The number of para-hydroxylation sites is 2. The first kappa shape index (κ1) is 16.6. The lowest BCUT2D eigenvalue weighted by Gasteiger charge is -2.31. The molecule has 0 radical (unpaired) electrons. The SMILES string of the molecule is CN(C(=O)Cn1c(=O)[nH]c2ccccc21)C1CCNCC1.Cl. The number of halogens is 1. The number of fused-ring (bicyclic) bond motifs is 1. The summed E-state index contributed by atoms with van der Waals surface area (Å²) >= 11 is 0. The van der Waals surface area contributed by atoms with Gasteiger partial charge < -0.3 is 15.2 Å². The number of rotatable bonds is 3. The molecule has 2 heterocycles. The molecule has 1 aromatic carbocycles. The molecule has 1 aliphatic rings. The maximum absolute atomic E-state index is 12.4. The summed E-state index contributed by atoms with van der Waals surface area (Å²) in [7, 11) is 1.83. The van der Waals surface area contributed by atoms with Crippen LogP contribution >= 0.6 is 12.4 Å². The summed E-state index contributed by atoms with van der Waals surface area (Å²) in [6, 6.07) is 7.69. The molecule has 3 rings (SSSR count). The van der Waals surface area contributed by atoms with Crippen LogP contribution in [0.15, 0.2) is 29.1 Å². The molecule has 0 unspecified atom stereocenters. The second-order valence-corrected chi connectivity index (χ2v) is 5.52. The van der Waals surface area contributed by atoms with Crippen molar-refractivity contribution >= 4 is 29.3 Å². The van der Waals surface area contributed by atoms with Gasteiger partial charge in [-0.25, -0.2) is 4.79 Å². The average Bonchev–Trinajstić information content (AvgIpc) is 2.83. The van der Waals surface area contributed by atoms with Crippen LogP contribution in [0.3, 0.4) is 0 Å². The van der Waals surface area contributed by atoms with E-state index in [1.54, 1.807) is 4.90 Å². The van der Waals surface area contributed by atoms with Crippen LogP contribution in [0.5, 0.6) is 0 Å². The Morgan fingerprint density at radius 1 is 1.32 bits per heavy atom. The molecule has 0 atom stereocenters. The van der Waals surface area contributed by atoms with Crippen LogP contribution in [-0.4, -0.2) is 46.5 Å². The number of likely N-dealkylation sites (N-methyl/N-ethyl adjacent to an activating group) is 1. The lowest BCUT2D eigenvalue weighted by molar-refractivity contribution is -0.133. The minimum atomic E-state index is -0.233. The van der Waals surface area contributed by atoms with Crippen molar-refractivity contribution in [3.63, 3.8) is 0 Å². The van der Waals surface area contributed by atoms with Crippen molar-refractivity contribution < 1.29 is 4.79 Å². The highest BCUT2D eigenvalue weighted by Gasteiger charge is 2.22. The topological polar surface area (TPSA) is 70.1 Å². The van der Waals surface area contributed by atoms with E-state index in [4.69, 9.17) is 0 Å². The third-order valence-electron chi connectivity index (χ3n) is 4.22. The van der Waals surface area contributed by atoms with Crippen molar-refractivity contribution in [1.82, 2.24) is 19.8 Å². The summed E-state index contributed by atoms with van der Waals surface area (Å²) < 4.78 is 1.51. The van der Waals surface area contributed by atoms with Gasteiger partial charge in [-0.2, -0.15) is 0 Å². The van der Waals surface area contributed by atoms with Gasteiger partial charge in [0.25, 0.3) is 0 Å². The van der Waals surface area contributed by atoms with E-state index in [-0.39, 0.29) is 36.6 Å². The van der Waals surface area contributed by atoms with E-state index in [1.165, 1.54) is 4.57 Å². The van der Waals surface area contributed by atoms with Gasteiger partial charge in [0, 0.05) is 13.1 Å². The van der Waals surface area contributed by atoms with Crippen LogP contribution in [0.2, 0.25) is 0 Å². The fourth-order valence-corrected chi connectivity index (χ4v) is 2.91. The average molecular weight is 325 g/mol. The smallest absolute Gasteiger partial charge is 0.326 e. The van der Waals surface area contributed by atoms with Crippen LogP contribution in [0.1, 0.15) is 12.8 Å². The molecule has 22 heavy (non-hydrogen) atoms. The van der Waals surface area contributed by atoms with Crippen molar-refractivity contribution in [3.05, 3.63) is 34.7 Å². The van der Waals surface area contributed by atoms with Crippen LogP contribution in [-0.2, 0) is 11.3 Å². The Hall–Kier alpha value is -1.79. The second-order valence-electron chi connectivity index (χ2n) is 5.52. The fraction of sp³-hybridized carbons (Fsp3) is 0.467. The lowest BCUT2D eigenvalue weighted by atomic mass is 10.1. The van der Waals surface area contributed by atoms with E-state index in [2.05, 4.69) is 10.3 Å². The zero-order chi connectivity index (χ0) is 14.8. The first-order valence-corrected chi connectivity index (χ1v) is 7.31. The van der Waals surface area contributed by atoms with Crippen LogP contribution in [0.4, 0.5) is 0 Å². The molecule has 0 spiro atoms. The lowest BCUT2D eigenvalue weighted by Crippen LogP contribution is -2.45. The van der Waals surface area contributed by atoms with E-state index < -0.39 is 0 Å². The number of imidazole rings is 1. The highest BCUT2D eigenvalue weighted by Crippen LogP contribution is 2.12. The number of hydrogen-bond acceptors (Lipinski definition) is 3. The number of piperidine rings is 1. The zero-order valence-electron chi connectivity index (χ0n) is 12.5. The van der Waals surface area contributed by atoms with Crippen molar-refractivity contribution in [3.8, 4) is 0 Å². The molecule has 1 amide bonds. The Morgan fingerprint density at radius 2 is 2.00 bits per heavy atom. The maximum Gasteiger partial charge on any atom is 0.326 e. The largest absolute Gasteiger partial charge is 0.341 e. The number of carbonyl (C=O) groups is 1. The third kappa shape index (κ3) is 3.18. The minimum absolute atomic E-state index is 0. The van der Waals surface area contributed by atoms with Gasteiger partial charge in [-0.3, -0.25) is 9.36 Å². The Kier molecular flexibility index (Phi) is 5.26. The summed E-state index contributed by atoms with van der Waals surface area (Å²) in [4.78, 5) is 29.0. The molecule has 1 saturated heterocycles. The number of nitrogens with zero attached hydrogens (tertiary/aromatic N) is 2. The number of H-pyrrole nitrogens is 1. The quantitative estimate of drug-likeness (QED) is 0.883. The van der Waals surface area contributed by atoms with Crippen molar-refractivity contribution in [2.24, 2.45) is 0 Å². The predicted molar refractivity (Wildman–Crippen MR) is 88.5 cm³/mol. The number of nitrogens with one attached hydrogen (secondary N) is 2. The third-order valence-corrected chi connectivity index (χ3v) is 4.22. The number of benzene rings is 1. The Balaban J connectivity index is 0.00000176. The number of carbonyl (C=O) groups excluding carboxylic acids is 1. The van der Waals surface area contributed by atoms with E-state index >= 15 is 0 Å². The van der Waals surface area contributed by atoms with Gasteiger partial charge in [0.05, 0.1) is 11.0 Å². The molecule has 120 valence electrons. The predicted octanol–water partition coefficient (Wildman–Crippen LogP) is 0.962. The van der Waals surface area contributed by atoms with Crippen LogP contribution < -0.4 is 11.0 Å². The van der Waals surface area contributed by atoms with E-state index in [9.17, 15) is 9.59 Å². The van der Waals surface area contributed by atoms with Gasteiger partial charge in [-0.1, -0.05) is 12.1 Å². The van der Waals surface area contributed by atoms with Crippen LogP contribution in [0.25, 0.3) is 11.0 Å². The molecule has 6 nitrogen and oxygen atoms in total. The van der Waals surface area contributed by atoms with E-state index in [1.807, 2.05) is 31.3 Å². The summed E-state index contributed by atoms with van der Waals surface area (Å²) in [6.07, 6.45) is 1.93. The Morgan fingerprint density at radius 3 is 2.73 bits per heavy atom. The molecule has 2 aromatic rings. The number of amides is 1. The van der Waals surface area contributed by atoms with Crippen molar-refractivity contribution in [2.45, 2.75) is 25.4 Å². The van der Waals surface area contributed by atoms with Gasteiger partial charge >= 0.3 is 5.69 Å². The number of aromatic nitrogens is 2. The summed E-state index contributed by atoms with van der Waals surface area (Å²) in [5.74, 6) is -0.0197. The fourth-order valence-electron chi connectivity index (χ4n) is 2.91. The molecule has 2 N–H and O–H groups in total. The Labute approximate surface area is 134 Å². The molecule has 1 fully saturated rings. The molecule has 7 heteroatoms. The van der Waals surface area contributed by atoms with Crippen molar-refractivity contribution in [1.29, 1.82) is 0 Å². The highest BCUT2D eigenvalue weighted by atomic mass is 35.5. The molecule has 0 bridgehead atoms. The highest BCUT2D eigenvalue weighted by molar-refractivity contribution is 5.85. The summed E-state index contributed by atoms with van der Waals surface area (Å²) in [5.41, 5.74) is 1.30. The van der Waals surface area contributed by atoms with E-state index in [0.29, 0.717) is 0 Å². The second kappa shape index (κ2) is 6.98. The molecule has 0 aliphatic carbocycles. The van der Waals surface area contributed by atoms with Crippen LogP contribution in [0, 0.1) is 0 Å². The van der Waals surface area contributed by atoms with E-state index in [0.717, 1.165) is 37.0 Å². The van der Waals surface area contributed by atoms with Gasteiger partial charge in [0.2, 0.25) is 5.91 Å². The normalized spacial score (nSPS) is 15.5. The molecule has 1 aromatic heterocycles. The standard InChI is InChI=1S/C15H20N4O2.ClH/c1-18(11-6-8-16-9-7-11)14(20)10-19-13-5-3-2-4-12(13)17-15(19)21;/h2-5,11,16H,6-10H2,1H3,(H,17,21);1H.